The van der Waals surface area contributed by atoms with Crippen molar-refractivity contribution < 1.29 is 4.74 Å². The van der Waals surface area contributed by atoms with Crippen molar-refractivity contribution in [2.45, 2.75) is 70.6 Å². The topological polar surface area (TPSA) is 48.9 Å². The number of halogens is 1. The second-order valence-corrected chi connectivity index (χ2v) is 8.10. The van der Waals surface area contributed by atoms with Crippen LogP contribution in [0.4, 0.5) is 0 Å². The molecule has 2 heterocycles. The van der Waals surface area contributed by atoms with Gasteiger partial charge in [-0.1, -0.05) is 13.3 Å². The molecule has 25 heavy (non-hydrogen) atoms. The summed E-state index contributed by atoms with van der Waals surface area (Å²) in [6.45, 7) is 9.62. The monoisotopic (exact) mass is 462 g/mol. The van der Waals surface area contributed by atoms with E-state index in [2.05, 4.69) is 29.4 Å². The predicted octanol–water partition coefficient (Wildman–Crippen LogP) is 2.60. The maximum Gasteiger partial charge on any atom is 0.191 e. The van der Waals surface area contributed by atoms with Crippen LogP contribution in [-0.4, -0.2) is 61.8 Å². The van der Waals surface area contributed by atoms with Crippen LogP contribution in [0.3, 0.4) is 0 Å². The Morgan fingerprint density at radius 2 is 2.08 bits per heavy atom. The summed E-state index contributed by atoms with van der Waals surface area (Å²) < 4.78 is 6.04. The lowest BCUT2D eigenvalue weighted by atomic mass is 9.46. The molecule has 2 saturated heterocycles. The Balaban J connectivity index is 0.00000182. The van der Waals surface area contributed by atoms with Gasteiger partial charge in [0.1, 0.15) is 0 Å². The van der Waals surface area contributed by atoms with Crippen molar-refractivity contribution in [1.29, 1.82) is 0 Å². The van der Waals surface area contributed by atoms with Crippen LogP contribution in [0.15, 0.2) is 4.99 Å². The molecule has 0 aromatic rings. The summed E-state index contributed by atoms with van der Waals surface area (Å²) in [5, 5.41) is 7.30. The highest BCUT2D eigenvalue weighted by atomic mass is 127. The summed E-state index contributed by atoms with van der Waals surface area (Å²) in [5.74, 6) is 1.73. The zero-order chi connectivity index (χ0) is 16.6. The maximum atomic E-state index is 6.04. The van der Waals surface area contributed by atoms with E-state index in [4.69, 9.17) is 9.73 Å². The molecule has 2 aliphatic carbocycles. The Labute approximate surface area is 169 Å². The van der Waals surface area contributed by atoms with Gasteiger partial charge in [-0.2, -0.15) is 0 Å². The van der Waals surface area contributed by atoms with Crippen LogP contribution in [0.2, 0.25) is 0 Å². The molecule has 0 aromatic carbocycles. The van der Waals surface area contributed by atoms with Gasteiger partial charge in [0.15, 0.2) is 5.96 Å². The highest BCUT2D eigenvalue weighted by molar-refractivity contribution is 14.0. The van der Waals surface area contributed by atoms with Gasteiger partial charge in [0, 0.05) is 36.6 Å². The first-order chi connectivity index (χ1) is 11.8. The van der Waals surface area contributed by atoms with Gasteiger partial charge < -0.3 is 15.4 Å². The third-order valence-corrected chi connectivity index (χ3v) is 7.04. The van der Waals surface area contributed by atoms with Crippen molar-refractivity contribution >= 4 is 29.9 Å². The summed E-state index contributed by atoms with van der Waals surface area (Å²) in [7, 11) is 0. The molecular weight excluding hydrogens is 427 g/mol. The summed E-state index contributed by atoms with van der Waals surface area (Å²) in [6, 6.07) is 1.20. The lowest BCUT2D eigenvalue weighted by Crippen LogP contribution is -2.72. The molecule has 4 rings (SSSR count). The molecule has 0 amide bonds. The van der Waals surface area contributed by atoms with E-state index in [9.17, 15) is 0 Å². The summed E-state index contributed by atoms with van der Waals surface area (Å²) in [4.78, 5) is 7.54. The molecule has 0 aromatic heterocycles. The highest BCUT2D eigenvalue weighted by Gasteiger charge is 2.66. The first-order valence-electron chi connectivity index (χ1n) is 10.2. The summed E-state index contributed by atoms with van der Waals surface area (Å²) >= 11 is 0. The van der Waals surface area contributed by atoms with E-state index >= 15 is 0 Å². The number of hydrogen-bond donors (Lipinski definition) is 2. The van der Waals surface area contributed by atoms with Crippen LogP contribution in [0, 0.1) is 11.3 Å². The molecule has 2 aliphatic heterocycles. The molecule has 5 nitrogen and oxygen atoms in total. The Morgan fingerprint density at radius 3 is 2.76 bits per heavy atom. The second-order valence-electron chi connectivity index (χ2n) is 8.10. The number of nitrogens with zero attached hydrogens (tertiary/aromatic N) is 2. The average Bonchev–Trinajstić information content (AvgIpc) is 3.16. The number of hydrogen-bond acceptors (Lipinski definition) is 3. The third kappa shape index (κ3) is 3.43. The Morgan fingerprint density at radius 1 is 1.24 bits per heavy atom. The van der Waals surface area contributed by atoms with Crippen molar-refractivity contribution in [3.63, 3.8) is 0 Å². The largest absolute Gasteiger partial charge is 0.377 e. The highest BCUT2D eigenvalue weighted by Crippen LogP contribution is 2.62. The normalized spacial score (nSPS) is 36.3. The number of aliphatic imine (C=N–C) groups is 1. The SMILES string of the molecule is CCNC(=NCC1CCCN1CC)NC1C2CCOC2C12CCC2.I. The summed E-state index contributed by atoms with van der Waals surface area (Å²) in [5.41, 5.74) is 0.417. The molecule has 4 atom stereocenters. The van der Waals surface area contributed by atoms with Crippen LogP contribution >= 0.6 is 24.0 Å². The molecule has 4 aliphatic rings. The van der Waals surface area contributed by atoms with Crippen LogP contribution in [0.25, 0.3) is 0 Å². The minimum Gasteiger partial charge on any atom is -0.377 e. The Bertz CT molecular complexity index is 482. The lowest BCUT2D eigenvalue weighted by molar-refractivity contribution is -0.171. The third-order valence-electron chi connectivity index (χ3n) is 7.04. The lowest BCUT2D eigenvalue weighted by Gasteiger charge is -2.63. The van der Waals surface area contributed by atoms with Gasteiger partial charge in [-0.3, -0.25) is 9.89 Å². The number of likely N-dealkylation sites (N-methyl/N-ethyl adjacent to an activating group) is 1. The number of likely N-dealkylation sites (tertiary alicyclic amines) is 1. The predicted molar refractivity (Wildman–Crippen MR) is 113 cm³/mol. The zero-order valence-corrected chi connectivity index (χ0v) is 18.1. The van der Waals surface area contributed by atoms with Crippen molar-refractivity contribution in [3.05, 3.63) is 0 Å². The van der Waals surface area contributed by atoms with Crippen molar-refractivity contribution in [2.24, 2.45) is 16.3 Å². The Kier molecular flexibility index (Phi) is 6.53. The summed E-state index contributed by atoms with van der Waals surface area (Å²) in [6.07, 6.45) is 8.39. The number of rotatable bonds is 5. The minimum absolute atomic E-state index is 0. The molecule has 6 heteroatoms. The van der Waals surface area contributed by atoms with E-state index in [1.165, 1.54) is 45.1 Å². The van der Waals surface area contributed by atoms with Crippen LogP contribution in [-0.2, 0) is 4.74 Å². The fourth-order valence-corrected chi connectivity index (χ4v) is 5.64. The number of guanidine groups is 1. The van der Waals surface area contributed by atoms with Gasteiger partial charge in [0.05, 0.1) is 12.6 Å². The van der Waals surface area contributed by atoms with E-state index < -0.39 is 0 Å². The fourth-order valence-electron chi connectivity index (χ4n) is 5.64. The number of fused-ring (bicyclic) bond motifs is 2. The average molecular weight is 462 g/mol. The van der Waals surface area contributed by atoms with E-state index in [0.717, 1.165) is 32.2 Å². The molecule has 0 radical (unpaired) electrons. The molecule has 4 unspecified atom stereocenters. The number of nitrogens with one attached hydrogen (secondary N) is 2. The van der Waals surface area contributed by atoms with Gasteiger partial charge >= 0.3 is 0 Å². The fraction of sp³-hybridized carbons (Fsp3) is 0.947. The molecule has 2 N–H and O–H groups in total. The smallest absolute Gasteiger partial charge is 0.191 e. The minimum atomic E-state index is 0. The first kappa shape index (κ1) is 19.7. The molecule has 4 fully saturated rings. The van der Waals surface area contributed by atoms with E-state index in [1.54, 1.807) is 0 Å². The van der Waals surface area contributed by atoms with Crippen LogP contribution in [0.1, 0.15) is 52.4 Å². The molecular formula is C19H35IN4O. The van der Waals surface area contributed by atoms with Gasteiger partial charge in [0.25, 0.3) is 0 Å². The van der Waals surface area contributed by atoms with Gasteiger partial charge in [-0.15, -0.1) is 24.0 Å². The Hall–Kier alpha value is -0.0800. The van der Waals surface area contributed by atoms with Crippen molar-refractivity contribution in [3.8, 4) is 0 Å². The molecule has 0 bridgehead atoms. The van der Waals surface area contributed by atoms with E-state index in [0.29, 0.717) is 29.5 Å². The van der Waals surface area contributed by atoms with Gasteiger partial charge in [0.2, 0.25) is 0 Å². The van der Waals surface area contributed by atoms with Crippen LogP contribution < -0.4 is 10.6 Å². The quantitative estimate of drug-likeness (QED) is 0.375. The van der Waals surface area contributed by atoms with E-state index in [-0.39, 0.29) is 24.0 Å². The molecule has 1 spiro atoms. The zero-order valence-electron chi connectivity index (χ0n) is 15.8. The second kappa shape index (κ2) is 8.30. The standard InChI is InChI=1S/C19H34N4O.HI/c1-3-20-18(21-13-14-7-5-11-23(14)4-2)22-16-15-8-12-24-17(15)19(16)9-6-10-19;/h14-17H,3-13H2,1-2H3,(H2,20,21,22);1H. The van der Waals surface area contributed by atoms with Gasteiger partial charge in [-0.25, -0.2) is 0 Å². The van der Waals surface area contributed by atoms with Crippen molar-refractivity contribution in [1.82, 2.24) is 15.5 Å². The van der Waals surface area contributed by atoms with Gasteiger partial charge in [-0.05, 0) is 52.1 Å². The van der Waals surface area contributed by atoms with Crippen LogP contribution in [0.5, 0.6) is 0 Å². The number of ether oxygens (including phenoxy) is 1. The molecule has 2 saturated carbocycles. The maximum absolute atomic E-state index is 6.04. The first-order valence-corrected chi connectivity index (χ1v) is 10.2. The molecule has 144 valence electrons. The van der Waals surface area contributed by atoms with Crippen molar-refractivity contribution in [2.75, 3.05) is 32.8 Å². The van der Waals surface area contributed by atoms with E-state index in [1.807, 2.05) is 0 Å².